The van der Waals surface area contributed by atoms with Gasteiger partial charge in [-0.05, 0) is 37.0 Å². The van der Waals surface area contributed by atoms with E-state index in [1.54, 1.807) is 19.2 Å². The molecule has 1 saturated carbocycles. The van der Waals surface area contributed by atoms with E-state index in [0.29, 0.717) is 10.9 Å². The van der Waals surface area contributed by atoms with Gasteiger partial charge in [0.25, 0.3) is 0 Å². The van der Waals surface area contributed by atoms with E-state index in [9.17, 15) is 8.42 Å². The highest BCUT2D eigenvalue weighted by Crippen LogP contribution is 2.17. The van der Waals surface area contributed by atoms with Crippen molar-refractivity contribution in [2.75, 3.05) is 19.8 Å². The number of aliphatic imine (C=N–C) groups is 1. The Morgan fingerprint density at radius 1 is 1.23 bits per heavy atom. The van der Waals surface area contributed by atoms with E-state index in [1.165, 1.54) is 31.9 Å². The van der Waals surface area contributed by atoms with Crippen LogP contribution >= 0.6 is 0 Å². The zero-order valence-electron chi connectivity index (χ0n) is 13.3. The maximum Gasteiger partial charge on any atom is 0.191 e. The summed E-state index contributed by atoms with van der Waals surface area (Å²) < 4.78 is 22.8. The lowest BCUT2D eigenvalue weighted by Crippen LogP contribution is -2.42. The second kappa shape index (κ2) is 7.63. The van der Waals surface area contributed by atoms with Gasteiger partial charge in [-0.3, -0.25) is 4.99 Å². The van der Waals surface area contributed by atoms with Crippen LogP contribution < -0.4 is 10.6 Å². The maximum atomic E-state index is 11.4. The van der Waals surface area contributed by atoms with Gasteiger partial charge in [0.15, 0.2) is 15.8 Å². The predicted octanol–water partition coefficient (Wildman–Crippen LogP) is 1.74. The minimum Gasteiger partial charge on any atom is -0.356 e. The molecule has 0 radical (unpaired) electrons. The van der Waals surface area contributed by atoms with Gasteiger partial charge < -0.3 is 10.6 Å². The van der Waals surface area contributed by atoms with E-state index in [1.807, 2.05) is 12.1 Å². The smallest absolute Gasteiger partial charge is 0.191 e. The minimum atomic E-state index is -3.12. The highest BCUT2D eigenvalue weighted by molar-refractivity contribution is 7.90. The topological polar surface area (TPSA) is 70.6 Å². The van der Waals surface area contributed by atoms with E-state index in [4.69, 9.17) is 0 Å². The first kappa shape index (κ1) is 16.8. The molecule has 0 heterocycles. The fourth-order valence-electron chi connectivity index (χ4n) is 2.69. The second-order valence-electron chi connectivity index (χ2n) is 5.79. The van der Waals surface area contributed by atoms with Crippen LogP contribution in [-0.2, 0) is 16.3 Å². The average molecular weight is 323 g/mol. The van der Waals surface area contributed by atoms with Crippen molar-refractivity contribution in [3.8, 4) is 0 Å². The number of guanidine groups is 1. The van der Waals surface area contributed by atoms with Crippen molar-refractivity contribution in [1.29, 1.82) is 0 Å². The van der Waals surface area contributed by atoms with Gasteiger partial charge in [0.05, 0.1) is 4.90 Å². The summed E-state index contributed by atoms with van der Waals surface area (Å²) in [7, 11) is -1.33. The van der Waals surface area contributed by atoms with E-state index in [-0.39, 0.29) is 0 Å². The molecule has 0 aromatic heterocycles. The first-order valence-corrected chi connectivity index (χ1v) is 9.64. The molecule has 5 nitrogen and oxygen atoms in total. The molecule has 122 valence electrons. The molecule has 6 heteroatoms. The Morgan fingerprint density at radius 2 is 1.86 bits per heavy atom. The fourth-order valence-corrected chi connectivity index (χ4v) is 3.32. The monoisotopic (exact) mass is 323 g/mol. The lowest BCUT2D eigenvalue weighted by molar-refractivity contribution is 0.602. The fraction of sp³-hybridized carbons (Fsp3) is 0.562. The molecule has 2 rings (SSSR count). The quantitative estimate of drug-likeness (QED) is 0.640. The van der Waals surface area contributed by atoms with Crippen LogP contribution in [0.15, 0.2) is 34.2 Å². The van der Waals surface area contributed by atoms with E-state index < -0.39 is 9.84 Å². The Bertz CT molecular complexity index is 603. The molecule has 1 fully saturated rings. The van der Waals surface area contributed by atoms with Gasteiger partial charge >= 0.3 is 0 Å². The van der Waals surface area contributed by atoms with Crippen molar-refractivity contribution in [3.63, 3.8) is 0 Å². The minimum absolute atomic E-state index is 0.364. The molecule has 1 aliphatic rings. The molecule has 1 aliphatic carbocycles. The normalized spacial score (nSPS) is 16.7. The third-order valence-corrected chi connectivity index (χ3v) is 5.11. The summed E-state index contributed by atoms with van der Waals surface area (Å²) in [4.78, 5) is 4.61. The van der Waals surface area contributed by atoms with Gasteiger partial charge in [0.2, 0.25) is 0 Å². The zero-order valence-corrected chi connectivity index (χ0v) is 14.1. The molecule has 0 saturated heterocycles. The molecule has 0 amide bonds. The first-order chi connectivity index (χ1) is 10.5. The Hall–Kier alpha value is -1.56. The Balaban J connectivity index is 1.79. The molecule has 1 aromatic rings. The van der Waals surface area contributed by atoms with Crippen molar-refractivity contribution >= 4 is 15.8 Å². The van der Waals surface area contributed by atoms with Gasteiger partial charge in [-0.1, -0.05) is 25.0 Å². The van der Waals surface area contributed by atoms with Gasteiger partial charge in [0.1, 0.15) is 0 Å². The number of nitrogens with one attached hydrogen (secondary N) is 2. The predicted molar refractivity (Wildman–Crippen MR) is 90.0 cm³/mol. The summed E-state index contributed by atoms with van der Waals surface area (Å²) in [6, 6.07) is 7.60. The van der Waals surface area contributed by atoms with Crippen molar-refractivity contribution in [3.05, 3.63) is 29.8 Å². The molecule has 0 unspecified atom stereocenters. The standard InChI is InChI=1S/C16H25N3O2S/c1-17-16(19-14-5-3-4-6-14)18-12-11-13-7-9-15(10-8-13)22(2,20)21/h7-10,14H,3-6,11-12H2,1-2H3,(H2,17,18,19). The summed E-state index contributed by atoms with van der Waals surface area (Å²) in [5.74, 6) is 0.847. The molecule has 1 aromatic carbocycles. The largest absolute Gasteiger partial charge is 0.356 e. The van der Waals surface area contributed by atoms with Gasteiger partial charge in [-0.2, -0.15) is 0 Å². The van der Waals surface area contributed by atoms with Crippen LogP contribution in [-0.4, -0.2) is 40.3 Å². The third-order valence-electron chi connectivity index (χ3n) is 3.98. The Labute approximate surface area is 133 Å². The summed E-state index contributed by atoms with van der Waals surface area (Å²) in [6.45, 7) is 0.768. The maximum absolute atomic E-state index is 11.4. The number of sulfone groups is 1. The lowest BCUT2D eigenvalue weighted by Gasteiger charge is -2.16. The van der Waals surface area contributed by atoms with Crippen LogP contribution in [0.4, 0.5) is 0 Å². The van der Waals surface area contributed by atoms with Crippen LogP contribution in [0.3, 0.4) is 0 Å². The van der Waals surface area contributed by atoms with Gasteiger partial charge in [-0.15, -0.1) is 0 Å². The first-order valence-electron chi connectivity index (χ1n) is 7.75. The molecule has 22 heavy (non-hydrogen) atoms. The number of hydrogen-bond donors (Lipinski definition) is 2. The van der Waals surface area contributed by atoms with E-state index in [2.05, 4.69) is 15.6 Å². The Kier molecular flexibility index (Phi) is 5.83. The number of hydrogen-bond acceptors (Lipinski definition) is 3. The van der Waals surface area contributed by atoms with Crippen LogP contribution in [0, 0.1) is 0 Å². The van der Waals surface area contributed by atoms with Crippen LogP contribution in [0.2, 0.25) is 0 Å². The highest BCUT2D eigenvalue weighted by atomic mass is 32.2. The molecule has 0 bridgehead atoms. The molecule has 0 spiro atoms. The molecule has 0 aliphatic heterocycles. The van der Waals surface area contributed by atoms with Crippen molar-refractivity contribution < 1.29 is 8.42 Å². The Morgan fingerprint density at radius 3 is 2.41 bits per heavy atom. The van der Waals surface area contributed by atoms with E-state index in [0.717, 1.165) is 24.5 Å². The van der Waals surface area contributed by atoms with Gasteiger partial charge in [0, 0.05) is 25.9 Å². The highest BCUT2D eigenvalue weighted by Gasteiger charge is 2.15. The van der Waals surface area contributed by atoms with Crippen molar-refractivity contribution in [2.45, 2.75) is 43.0 Å². The van der Waals surface area contributed by atoms with Gasteiger partial charge in [-0.25, -0.2) is 8.42 Å². The molecule has 0 atom stereocenters. The summed E-state index contributed by atoms with van der Waals surface area (Å²) in [6.07, 6.45) is 7.07. The summed E-state index contributed by atoms with van der Waals surface area (Å²) >= 11 is 0. The molecular weight excluding hydrogens is 298 g/mol. The molecule has 2 N–H and O–H groups in total. The second-order valence-corrected chi connectivity index (χ2v) is 7.81. The van der Waals surface area contributed by atoms with E-state index >= 15 is 0 Å². The molecular formula is C16H25N3O2S. The van der Waals surface area contributed by atoms with Crippen molar-refractivity contribution in [1.82, 2.24) is 10.6 Å². The average Bonchev–Trinajstić information content (AvgIpc) is 2.99. The third kappa shape index (κ3) is 5.02. The zero-order chi connectivity index (χ0) is 16.0. The SMILES string of the molecule is CN=C(NCCc1ccc(S(C)(=O)=O)cc1)NC1CCCC1. The number of rotatable bonds is 5. The van der Waals surface area contributed by atoms with Crippen LogP contribution in [0.25, 0.3) is 0 Å². The van der Waals surface area contributed by atoms with Crippen LogP contribution in [0.5, 0.6) is 0 Å². The lowest BCUT2D eigenvalue weighted by atomic mass is 10.1. The number of benzene rings is 1. The number of nitrogens with zero attached hydrogens (tertiary/aromatic N) is 1. The summed E-state index contributed by atoms with van der Waals surface area (Å²) in [5.41, 5.74) is 1.11. The summed E-state index contributed by atoms with van der Waals surface area (Å²) in [5, 5.41) is 6.75. The van der Waals surface area contributed by atoms with Crippen LogP contribution in [0.1, 0.15) is 31.2 Å². The van der Waals surface area contributed by atoms with Crippen molar-refractivity contribution in [2.24, 2.45) is 4.99 Å².